The van der Waals surface area contributed by atoms with E-state index >= 15 is 0 Å². The van der Waals surface area contributed by atoms with Gasteiger partial charge in [-0.05, 0) is 37.6 Å². The molecule has 0 saturated heterocycles. The summed E-state index contributed by atoms with van der Waals surface area (Å²) in [5, 5.41) is 11.1. The van der Waals surface area contributed by atoms with Crippen LogP contribution in [0.15, 0.2) is 47.7 Å². The first-order valence-corrected chi connectivity index (χ1v) is 9.33. The molecule has 0 aliphatic rings. The molecule has 0 saturated carbocycles. The van der Waals surface area contributed by atoms with Gasteiger partial charge < -0.3 is 15.5 Å². The van der Waals surface area contributed by atoms with E-state index < -0.39 is 0 Å². The average Bonchev–Trinajstić information content (AvgIpc) is 3.17. The van der Waals surface area contributed by atoms with Gasteiger partial charge in [0.1, 0.15) is 0 Å². The van der Waals surface area contributed by atoms with Gasteiger partial charge in [0.2, 0.25) is 0 Å². The second-order valence-corrected chi connectivity index (χ2v) is 6.56. The lowest BCUT2D eigenvalue weighted by atomic mass is 10.1. The first-order valence-electron chi connectivity index (χ1n) is 9.33. The fourth-order valence-corrected chi connectivity index (χ4v) is 2.73. The van der Waals surface area contributed by atoms with Crippen LogP contribution in [0.2, 0.25) is 0 Å². The van der Waals surface area contributed by atoms with Crippen LogP contribution in [-0.4, -0.2) is 53.9 Å². The number of hydrogen-bond acceptors (Lipinski definition) is 3. The molecule has 1 aromatic carbocycles. The standard InChI is InChI=1S/C20H32N6.HI/c1-5-17(2)25(4)14-12-22-20(21-3)23-15-18-9-6-7-10-19(18)16-26-13-8-11-24-26;/h6-11,13,17H,5,12,14-16H2,1-4H3,(H2,21,22,23);1H. The van der Waals surface area contributed by atoms with Gasteiger partial charge in [-0.3, -0.25) is 9.67 Å². The number of hydrogen-bond donors (Lipinski definition) is 2. The Bertz CT molecular complexity index is 671. The molecule has 7 heteroatoms. The number of rotatable bonds is 9. The average molecular weight is 484 g/mol. The number of nitrogens with zero attached hydrogens (tertiary/aromatic N) is 4. The highest BCUT2D eigenvalue weighted by Crippen LogP contribution is 2.10. The van der Waals surface area contributed by atoms with Crippen molar-refractivity contribution in [2.45, 2.75) is 39.4 Å². The molecule has 1 unspecified atom stereocenters. The summed E-state index contributed by atoms with van der Waals surface area (Å²) in [6.45, 7) is 7.84. The Morgan fingerprint density at radius 3 is 2.59 bits per heavy atom. The molecule has 2 N–H and O–H groups in total. The molecule has 0 fully saturated rings. The summed E-state index contributed by atoms with van der Waals surface area (Å²) < 4.78 is 1.94. The van der Waals surface area contributed by atoms with Crippen molar-refractivity contribution in [1.29, 1.82) is 0 Å². The molecule has 0 spiro atoms. The van der Waals surface area contributed by atoms with Gasteiger partial charge in [0.05, 0.1) is 6.54 Å². The maximum atomic E-state index is 4.33. The number of guanidine groups is 1. The molecular weight excluding hydrogens is 451 g/mol. The lowest BCUT2D eigenvalue weighted by Gasteiger charge is -2.24. The quantitative estimate of drug-likeness (QED) is 0.327. The zero-order valence-corrected chi connectivity index (χ0v) is 19.2. The van der Waals surface area contributed by atoms with Crippen molar-refractivity contribution in [3.05, 3.63) is 53.9 Å². The van der Waals surface area contributed by atoms with Crippen LogP contribution in [0.5, 0.6) is 0 Å². The van der Waals surface area contributed by atoms with Gasteiger partial charge in [0.25, 0.3) is 0 Å². The van der Waals surface area contributed by atoms with Gasteiger partial charge in [0.15, 0.2) is 5.96 Å². The predicted molar refractivity (Wildman–Crippen MR) is 124 cm³/mol. The van der Waals surface area contributed by atoms with E-state index in [0.29, 0.717) is 6.04 Å². The molecule has 0 bridgehead atoms. The fraction of sp³-hybridized carbons (Fsp3) is 0.500. The molecule has 1 atom stereocenters. The van der Waals surface area contributed by atoms with Crippen molar-refractivity contribution < 1.29 is 0 Å². The summed E-state index contributed by atoms with van der Waals surface area (Å²) in [7, 11) is 3.97. The molecule has 2 rings (SSSR count). The van der Waals surface area contributed by atoms with E-state index in [4.69, 9.17) is 0 Å². The predicted octanol–water partition coefficient (Wildman–Crippen LogP) is 2.94. The summed E-state index contributed by atoms with van der Waals surface area (Å²) in [5.41, 5.74) is 2.51. The molecule has 0 aliphatic carbocycles. The molecule has 1 aromatic heterocycles. The SMILES string of the molecule is CCC(C)N(C)CCNC(=NC)NCc1ccccc1Cn1cccn1.I. The Balaban J connectivity index is 0.00000364. The topological polar surface area (TPSA) is 57.5 Å². The molecule has 2 aromatic rings. The van der Waals surface area contributed by atoms with Crippen LogP contribution in [-0.2, 0) is 13.1 Å². The van der Waals surface area contributed by atoms with Gasteiger partial charge in [0, 0.05) is 45.1 Å². The lowest BCUT2D eigenvalue weighted by Crippen LogP contribution is -2.42. The molecule has 6 nitrogen and oxygen atoms in total. The van der Waals surface area contributed by atoms with Gasteiger partial charge in [-0.1, -0.05) is 31.2 Å². The van der Waals surface area contributed by atoms with Crippen LogP contribution in [0.4, 0.5) is 0 Å². The first kappa shape index (κ1) is 23.4. The Hall–Kier alpha value is -1.61. The Morgan fingerprint density at radius 1 is 1.22 bits per heavy atom. The summed E-state index contributed by atoms with van der Waals surface area (Å²) >= 11 is 0. The van der Waals surface area contributed by atoms with Crippen LogP contribution >= 0.6 is 24.0 Å². The summed E-state index contributed by atoms with van der Waals surface area (Å²) in [6.07, 6.45) is 4.96. The number of likely N-dealkylation sites (N-methyl/N-ethyl adjacent to an activating group) is 1. The zero-order chi connectivity index (χ0) is 18.8. The van der Waals surface area contributed by atoms with Crippen molar-refractivity contribution in [3.63, 3.8) is 0 Å². The van der Waals surface area contributed by atoms with Crippen molar-refractivity contribution in [3.8, 4) is 0 Å². The van der Waals surface area contributed by atoms with E-state index in [0.717, 1.165) is 38.6 Å². The minimum atomic E-state index is 0. The highest BCUT2D eigenvalue weighted by atomic mass is 127. The minimum Gasteiger partial charge on any atom is -0.355 e. The van der Waals surface area contributed by atoms with E-state index in [1.165, 1.54) is 11.1 Å². The monoisotopic (exact) mass is 484 g/mol. The molecule has 150 valence electrons. The first-order chi connectivity index (χ1) is 12.6. The minimum absolute atomic E-state index is 0. The third-order valence-electron chi connectivity index (χ3n) is 4.78. The zero-order valence-electron chi connectivity index (χ0n) is 16.9. The number of halogens is 1. The van der Waals surface area contributed by atoms with Crippen LogP contribution in [0.25, 0.3) is 0 Å². The molecular formula is C20H33IN6. The summed E-state index contributed by atoms with van der Waals surface area (Å²) in [6, 6.07) is 11.0. The van der Waals surface area contributed by atoms with E-state index in [-0.39, 0.29) is 24.0 Å². The number of benzene rings is 1. The lowest BCUT2D eigenvalue weighted by molar-refractivity contribution is 0.255. The molecule has 0 amide bonds. The second-order valence-electron chi connectivity index (χ2n) is 6.56. The van der Waals surface area contributed by atoms with Crippen LogP contribution < -0.4 is 10.6 Å². The number of nitrogens with one attached hydrogen (secondary N) is 2. The van der Waals surface area contributed by atoms with Gasteiger partial charge in [-0.2, -0.15) is 5.10 Å². The summed E-state index contributed by atoms with van der Waals surface area (Å²) in [5.74, 6) is 0.830. The number of aliphatic imine (C=N–C) groups is 1. The number of aromatic nitrogens is 2. The fourth-order valence-electron chi connectivity index (χ4n) is 2.73. The summed E-state index contributed by atoms with van der Waals surface area (Å²) in [4.78, 5) is 6.69. The third kappa shape index (κ3) is 7.88. The van der Waals surface area contributed by atoms with Crippen molar-refractivity contribution in [2.24, 2.45) is 4.99 Å². The van der Waals surface area contributed by atoms with Crippen molar-refractivity contribution >= 4 is 29.9 Å². The van der Waals surface area contributed by atoms with Crippen molar-refractivity contribution in [1.82, 2.24) is 25.3 Å². The Kier molecular flexibility index (Phi) is 11.0. The van der Waals surface area contributed by atoms with E-state index in [9.17, 15) is 0 Å². The maximum absolute atomic E-state index is 4.33. The third-order valence-corrected chi connectivity index (χ3v) is 4.78. The largest absolute Gasteiger partial charge is 0.355 e. The molecule has 0 aliphatic heterocycles. The smallest absolute Gasteiger partial charge is 0.191 e. The Labute approximate surface area is 180 Å². The van der Waals surface area contributed by atoms with Crippen LogP contribution in [0, 0.1) is 0 Å². The van der Waals surface area contributed by atoms with E-state index in [1.54, 1.807) is 0 Å². The van der Waals surface area contributed by atoms with Crippen LogP contribution in [0.1, 0.15) is 31.4 Å². The molecule has 27 heavy (non-hydrogen) atoms. The molecule has 0 radical (unpaired) electrons. The maximum Gasteiger partial charge on any atom is 0.191 e. The highest BCUT2D eigenvalue weighted by molar-refractivity contribution is 14.0. The van der Waals surface area contributed by atoms with Crippen LogP contribution in [0.3, 0.4) is 0 Å². The molecule has 1 heterocycles. The van der Waals surface area contributed by atoms with E-state index in [2.05, 4.69) is 70.8 Å². The highest BCUT2D eigenvalue weighted by Gasteiger charge is 2.07. The second kappa shape index (κ2) is 12.7. The van der Waals surface area contributed by atoms with Gasteiger partial charge >= 0.3 is 0 Å². The van der Waals surface area contributed by atoms with E-state index in [1.807, 2.05) is 30.2 Å². The normalized spacial score (nSPS) is 12.6. The Morgan fingerprint density at radius 2 is 1.96 bits per heavy atom. The van der Waals surface area contributed by atoms with Gasteiger partial charge in [-0.15, -0.1) is 24.0 Å². The van der Waals surface area contributed by atoms with Gasteiger partial charge in [-0.25, -0.2) is 0 Å². The van der Waals surface area contributed by atoms with Crippen molar-refractivity contribution in [2.75, 3.05) is 27.2 Å².